The molecule has 1 fully saturated rings. The number of benzene rings is 1. The third-order valence-electron chi connectivity index (χ3n) is 4.51. The number of ether oxygens (including phenoxy) is 1. The van der Waals surface area contributed by atoms with Crippen molar-refractivity contribution in [3.63, 3.8) is 0 Å². The van der Waals surface area contributed by atoms with Crippen LogP contribution in [0.4, 0.5) is 8.78 Å². The minimum atomic E-state index is -2.71. The highest BCUT2D eigenvalue weighted by Crippen LogP contribution is 2.42. The number of halogens is 3. The van der Waals surface area contributed by atoms with Gasteiger partial charge in [0.2, 0.25) is 11.8 Å². The predicted molar refractivity (Wildman–Crippen MR) is 93.7 cm³/mol. The second-order valence-corrected chi connectivity index (χ2v) is 7.03. The minimum Gasteiger partial charge on any atom is -0.486 e. The van der Waals surface area contributed by atoms with Crippen molar-refractivity contribution in [1.82, 2.24) is 15.5 Å². The zero-order chi connectivity index (χ0) is 19.0. The highest BCUT2D eigenvalue weighted by molar-refractivity contribution is 6.32. The summed E-state index contributed by atoms with van der Waals surface area (Å²) in [5.41, 5.74) is 2.17. The average Bonchev–Trinajstić information content (AvgIpc) is 3.24. The van der Waals surface area contributed by atoms with Crippen molar-refractivity contribution in [2.75, 3.05) is 0 Å². The molecule has 6 nitrogen and oxygen atoms in total. The summed E-state index contributed by atoms with van der Waals surface area (Å²) in [6.45, 7) is 0.444. The molecule has 0 spiro atoms. The van der Waals surface area contributed by atoms with Crippen molar-refractivity contribution in [3.8, 4) is 5.75 Å². The molecule has 3 aromatic rings. The number of carbonyl (C=O) groups excluding carboxylic acids is 1. The van der Waals surface area contributed by atoms with E-state index in [1.165, 1.54) is 6.26 Å². The second kappa shape index (κ2) is 6.84. The first-order valence-electron chi connectivity index (χ1n) is 8.38. The van der Waals surface area contributed by atoms with Crippen molar-refractivity contribution >= 4 is 28.4 Å². The van der Waals surface area contributed by atoms with E-state index in [1.54, 1.807) is 18.2 Å². The van der Waals surface area contributed by atoms with Gasteiger partial charge in [0.15, 0.2) is 0 Å². The van der Waals surface area contributed by atoms with Crippen molar-refractivity contribution in [2.45, 2.75) is 31.9 Å². The van der Waals surface area contributed by atoms with E-state index in [4.69, 9.17) is 20.9 Å². The summed E-state index contributed by atoms with van der Waals surface area (Å²) >= 11 is 6.25. The Morgan fingerprint density at radius 3 is 2.93 bits per heavy atom. The van der Waals surface area contributed by atoms with Gasteiger partial charge in [0.05, 0.1) is 11.6 Å². The van der Waals surface area contributed by atoms with E-state index in [0.717, 1.165) is 16.6 Å². The monoisotopic (exact) mass is 395 g/mol. The molecule has 2 heterocycles. The van der Waals surface area contributed by atoms with Gasteiger partial charge in [0, 0.05) is 47.5 Å². The number of amides is 1. The van der Waals surface area contributed by atoms with E-state index in [-0.39, 0.29) is 31.9 Å². The Kier molecular flexibility index (Phi) is 4.51. The van der Waals surface area contributed by atoms with E-state index >= 15 is 0 Å². The van der Waals surface area contributed by atoms with Crippen LogP contribution in [0.2, 0.25) is 5.02 Å². The number of hydrogen-bond donors (Lipinski definition) is 2. The number of aromatic amines is 1. The first-order valence-corrected chi connectivity index (χ1v) is 8.76. The van der Waals surface area contributed by atoms with E-state index in [2.05, 4.69) is 15.5 Å². The molecule has 2 aromatic heterocycles. The first kappa shape index (κ1) is 17.8. The average molecular weight is 396 g/mol. The summed E-state index contributed by atoms with van der Waals surface area (Å²) < 4.78 is 36.1. The molecule has 1 aliphatic rings. The van der Waals surface area contributed by atoms with E-state index in [9.17, 15) is 13.6 Å². The van der Waals surface area contributed by atoms with Gasteiger partial charge in [-0.05, 0) is 12.1 Å². The van der Waals surface area contributed by atoms with Gasteiger partial charge in [-0.2, -0.15) is 0 Å². The highest BCUT2D eigenvalue weighted by atomic mass is 35.5. The van der Waals surface area contributed by atoms with Gasteiger partial charge in [-0.25, -0.2) is 8.78 Å². The molecule has 1 aromatic carbocycles. The van der Waals surface area contributed by atoms with Crippen LogP contribution in [0.15, 0.2) is 35.1 Å². The number of fused-ring (bicyclic) bond motifs is 1. The summed E-state index contributed by atoms with van der Waals surface area (Å²) in [5, 5.41) is 7.75. The molecule has 1 aliphatic carbocycles. The molecule has 1 amide bonds. The third-order valence-corrected chi connectivity index (χ3v) is 4.81. The van der Waals surface area contributed by atoms with Crippen LogP contribution in [-0.2, 0) is 17.9 Å². The van der Waals surface area contributed by atoms with E-state index in [1.807, 2.05) is 6.07 Å². The van der Waals surface area contributed by atoms with Crippen molar-refractivity contribution in [3.05, 3.63) is 46.9 Å². The Morgan fingerprint density at radius 2 is 2.22 bits per heavy atom. The fourth-order valence-corrected chi connectivity index (χ4v) is 3.26. The Bertz CT molecular complexity index is 964. The number of carbonyl (C=O) groups is 1. The summed E-state index contributed by atoms with van der Waals surface area (Å²) in [6.07, 6.45) is 0.695. The topological polar surface area (TPSA) is 80.2 Å². The van der Waals surface area contributed by atoms with Crippen LogP contribution in [-0.4, -0.2) is 22.0 Å². The van der Waals surface area contributed by atoms with E-state index in [0.29, 0.717) is 16.5 Å². The lowest BCUT2D eigenvalue weighted by molar-refractivity contribution is -0.150. The summed E-state index contributed by atoms with van der Waals surface area (Å²) in [7, 11) is 0. The number of hydrogen-bond acceptors (Lipinski definition) is 4. The molecule has 0 saturated heterocycles. The van der Waals surface area contributed by atoms with Gasteiger partial charge in [0.25, 0.3) is 0 Å². The van der Waals surface area contributed by atoms with Crippen LogP contribution in [0.25, 0.3) is 10.9 Å². The normalized spacial score (nSPS) is 16.3. The molecule has 1 saturated carbocycles. The Morgan fingerprint density at radius 1 is 1.41 bits per heavy atom. The fraction of sp³-hybridized carbons (Fsp3) is 0.333. The van der Waals surface area contributed by atoms with Gasteiger partial charge in [-0.3, -0.25) is 4.79 Å². The molecular weight excluding hydrogens is 380 g/mol. The van der Waals surface area contributed by atoms with Crippen LogP contribution >= 0.6 is 11.6 Å². The smallest absolute Gasteiger partial charge is 0.249 e. The molecule has 4 rings (SSSR count). The fourth-order valence-electron chi connectivity index (χ4n) is 3.04. The van der Waals surface area contributed by atoms with Crippen LogP contribution in [0.5, 0.6) is 5.75 Å². The molecule has 0 radical (unpaired) electrons. The lowest BCUT2D eigenvalue weighted by atomic mass is 9.81. The van der Waals surface area contributed by atoms with Gasteiger partial charge in [-0.15, -0.1) is 0 Å². The molecule has 0 atom stereocenters. The molecule has 2 N–H and O–H groups in total. The lowest BCUT2D eigenvalue weighted by Crippen LogP contribution is -2.44. The van der Waals surface area contributed by atoms with Gasteiger partial charge in [0.1, 0.15) is 24.3 Å². The van der Waals surface area contributed by atoms with Gasteiger partial charge >= 0.3 is 0 Å². The molecule has 27 heavy (non-hydrogen) atoms. The maximum Gasteiger partial charge on any atom is 0.249 e. The molecular formula is C18H16ClF2N3O3. The largest absolute Gasteiger partial charge is 0.486 e. The van der Waals surface area contributed by atoms with Crippen LogP contribution in [0, 0.1) is 5.92 Å². The predicted octanol–water partition coefficient (Wildman–Crippen LogP) is 4.05. The number of alkyl halides is 2. The zero-order valence-electron chi connectivity index (χ0n) is 14.1. The third kappa shape index (κ3) is 3.90. The number of nitrogens with one attached hydrogen (secondary N) is 2. The maximum absolute atomic E-state index is 12.9. The molecule has 142 valence electrons. The number of aromatic nitrogens is 2. The molecule has 9 heteroatoms. The summed E-state index contributed by atoms with van der Waals surface area (Å²) in [4.78, 5) is 15.1. The Labute approximate surface area is 157 Å². The summed E-state index contributed by atoms with van der Waals surface area (Å²) in [5.74, 6) is -3.19. The standard InChI is InChI=1S/C18H16ClF2N3O3/c19-14-4-10-3-13(8-22-17(25)11-6-18(20,21)7-11)23-15(10)5-16(14)26-9-12-1-2-27-24-12/h1-5,11,23H,6-9H2,(H,22,25). The number of H-pyrrole nitrogens is 1. The lowest BCUT2D eigenvalue weighted by Gasteiger charge is -2.33. The Hall–Kier alpha value is -2.61. The van der Waals surface area contributed by atoms with E-state index < -0.39 is 11.8 Å². The second-order valence-electron chi connectivity index (χ2n) is 6.62. The van der Waals surface area contributed by atoms with Crippen LogP contribution < -0.4 is 10.1 Å². The zero-order valence-corrected chi connectivity index (χ0v) is 14.9. The number of nitrogens with zero attached hydrogens (tertiary/aromatic N) is 1. The minimum absolute atomic E-state index is 0.220. The summed E-state index contributed by atoms with van der Waals surface area (Å²) in [6, 6.07) is 7.05. The molecule has 0 aliphatic heterocycles. The van der Waals surface area contributed by atoms with Crippen LogP contribution in [0.3, 0.4) is 0 Å². The Balaban J connectivity index is 1.40. The molecule has 0 unspecified atom stereocenters. The number of rotatable bonds is 6. The van der Waals surface area contributed by atoms with Gasteiger partial charge < -0.3 is 19.6 Å². The van der Waals surface area contributed by atoms with Crippen molar-refractivity contribution in [1.29, 1.82) is 0 Å². The SMILES string of the molecule is O=C(NCc1cc2cc(Cl)c(OCc3ccon3)cc2[nH]1)C1CC(F)(F)C1. The molecule has 0 bridgehead atoms. The van der Waals surface area contributed by atoms with Gasteiger partial charge in [-0.1, -0.05) is 16.8 Å². The van der Waals surface area contributed by atoms with Crippen molar-refractivity contribution < 1.29 is 22.8 Å². The first-order chi connectivity index (χ1) is 12.9. The van der Waals surface area contributed by atoms with Crippen molar-refractivity contribution in [2.24, 2.45) is 5.92 Å². The van der Waals surface area contributed by atoms with Crippen LogP contribution in [0.1, 0.15) is 24.2 Å². The maximum atomic E-state index is 12.9. The quantitative estimate of drug-likeness (QED) is 0.659. The highest BCUT2D eigenvalue weighted by Gasteiger charge is 2.48.